The molecule has 20 heavy (non-hydrogen) atoms. The summed E-state index contributed by atoms with van der Waals surface area (Å²) in [5.74, 6) is -0.411. The molecule has 0 radical (unpaired) electrons. The van der Waals surface area contributed by atoms with Crippen LogP contribution in [0.4, 0.5) is 0 Å². The van der Waals surface area contributed by atoms with Crippen molar-refractivity contribution in [2.45, 2.75) is 31.5 Å². The fraction of sp³-hybridized carbons (Fsp3) is 0.667. The highest BCUT2D eigenvalue weighted by Crippen LogP contribution is 2.39. The fourth-order valence-corrected chi connectivity index (χ4v) is 2.78. The maximum atomic E-state index is 11.9. The van der Waals surface area contributed by atoms with E-state index >= 15 is 0 Å². The van der Waals surface area contributed by atoms with Crippen LogP contribution in [0.15, 0.2) is 15.8 Å². The van der Waals surface area contributed by atoms with Crippen LogP contribution in [0.2, 0.25) is 0 Å². The van der Waals surface area contributed by atoms with E-state index in [9.17, 15) is 19.8 Å². The zero-order chi connectivity index (χ0) is 14.4. The fourth-order valence-electron chi connectivity index (χ4n) is 2.78. The average Bonchev–Trinajstić information content (AvgIpc) is 2.62. The standard InChI is InChI=1S/C12H16N2O6/c1-5-2-14(12(18)13-10(5)17)11-6-4-19-7(3-15)9(20-11)8(6)16/h2,6-9,11,15-16H,3-4H2,1H3,(H,13,17,18)/t6-,7?,8-,9+,11+/m0/s1. The van der Waals surface area contributed by atoms with Crippen molar-refractivity contribution in [2.24, 2.45) is 5.92 Å². The molecule has 2 aliphatic rings. The van der Waals surface area contributed by atoms with Crippen LogP contribution in [0.1, 0.15) is 11.8 Å². The molecule has 1 aromatic rings. The van der Waals surface area contributed by atoms with Gasteiger partial charge in [0.05, 0.1) is 25.2 Å². The van der Waals surface area contributed by atoms with Crippen LogP contribution in [0, 0.1) is 12.8 Å². The minimum absolute atomic E-state index is 0.179. The van der Waals surface area contributed by atoms with Crippen molar-refractivity contribution >= 4 is 0 Å². The van der Waals surface area contributed by atoms with Crippen molar-refractivity contribution in [3.63, 3.8) is 0 Å². The van der Waals surface area contributed by atoms with E-state index in [0.29, 0.717) is 5.56 Å². The summed E-state index contributed by atoms with van der Waals surface area (Å²) < 4.78 is 12.3. The molecule has 1 unspecified atom stereocenters. The van der Waals surface area contributed by atoms with E-state index in [-0.39, 0.29) is 13.2 Å². The number of aliphatic hydroxyl groups is 2. The number of fused-ring (bicyclic) bond motifs is 2. The molecule has 8 heteroatoms. The van der Waals surface area contributed by atoms with Gasteiger partial charge in [0.2, 0.25) is 0 Å². The number of nitrogens with zero attached hydrogens (tertiary/aromatic N) is 1. The molecule has 1 aromatic heterocycles. The summed E-state index contributed by atoms with van der Waals surface area (Å²) in [6, 6.07) is 0. The maximum Gasteiger partial charge on any atom is 0.330 e. The van der Waals surface area contributed by atoms with Crippen LogP contribution >= 0.6 is 0 Å². The van der Waals surface area contributed by atoms with Gasteiger partial charge in [0.15, 0.2) is 0 Å². The van der Waals surface area contributed by atoms with Gasteiger partial charge in [-0.05, 0) is 6.92 Å². The van der Waals surface area contributed by atoms with Gasteiger partial charge in [0.25, 0.3) is 5.56 Å². The van der Waals surface area contributed by atoms with E-state index in [0.717, 1.165) is 0 Å². The summed E-state index contributed by atoms with van der Waals surface area (Å²) >= 11 is 0. The minimum atomic E-state index is -0.815. The predicted molar refractivity (Wildman–Crippen MR) is 66.3 cm³/mol. The minimum Gasteiger partial charge on any atom is -0.394 e. The number of nitrogens with one attached hydrogen (secondary N) is 1. The molecule has 8 nitrogen and oxygen atoms in total. The topological polar surface area (TPSA) is 114 Å². The van der Waals surface area contributed by atoms with E-state index in [1.54, 1.807) is 6.92 Å². The van der Waals surface area contributed by atoms with Crippen LogP contribution in [0.25, 0.3) is 0 Å². The van der Waals surface area contributed by atoms with Crippen molar-refractivity contribution in [1.82, 2.24) is 9.55 Å². The Hall–Kier alpha value is -1.48. The Morgan fingerprint density at radius 2 is 2.25 bits per heavy atom. The molecule has 3 N–H and O–H groups in total. The largest absolute Gasteiger partial charge is 0.394 e. The smallest absolute Gasteiger partial charge is 0.330 e. The van der Waals surface area contributed by atoms with Gasteiger partial charge in [-0.2, -0.15) is 0 Å². The van der Waals surface area contributed by atoms with Gasteiger partial charge in [-0.15, -0.1) is 0 Å². The molecule has 3 heterocycles. The molecular formula is C12H16N2O6. The lowest BCUT2D eigenvalue weighted by Gasteiger charge is -2.30. The third-order valence-electron chi connectivity index (χ3n) is 3.91. The molecule has 2 bridgehead atoms. The number of hydrogen-bond acceptors (Lipinski definition) is 6. The second kappa shape index (κ2) is 4.81. The average molecular weight is 284 g/mol. The van der Waals surface area contributed by atoms with E-state index in [1.165, 1.54) is 10.8 Å². The number of aryl methyl sites for hydroxylation is 1. The van der Waals surface area contributed by atoms with E-state index in [2.05, 4.69) is 4.98 Å². The molecule has 3 rings (SSSR count). The third-order valence-corrected chi connectivity index (χ3v) is 3.91. The molecule has 2 aliphatic heterocycles. The second-order valence-corrected chi connectivity index (χ2v) is 5.18. The van der Waals surface area contributed by atoms with Gasteiger partial charge < -0.3 is 19.7 Å². The Morgan fingerprint density at radius 1 is 1.50 bits per heavy atom. The van der Waals surface area contributed by atoms with Crippen LogP contribution in [0.5, 0.6) is 0 Å². The van der Waals surface area contributed by atoms with Crippen LogP contribution in [0.3, 0.4) is 0 Å². The normalized spacial score (nSPS) is 36.2. The van der Waals surface area contributed by atoms with E-state index in [1.807, 2.05) is 0 Å². The lowest BCUT2D eigenvalue weighted by molar-refractivity contribution is -0.129. The summed E-state index contributed by atoms with van der Waals surface area (Å²) in [7, 11) is 0. The third kappa shape index (κ3) is 1.92. The van der Waals surface area contributed by atoms with E-state index in [4.69, 9.17) is 9.47 Å². The molecule has 0 saturated carbocycles. The highest BCUT2D eigenvalue weighted by atomic mass is 16.6. The molecule has 5 atom stereocenters. The maximum absolute atomic E-state index is 11.9. The first-order valence-corrected chi connectivity index (χ1v) is 6.41. The van der Waals surface area contributed by atoms with Gasteiger partial charge in [-0.1, -0.05) is 0 Å². The monoisotopic (exact) mass is 284 g/mol. The molecule has 0 aromatic carbocycles. The summed E-state index contributed by atoms with van der Waals surface area (Å²) in [5, 5.41) is 19.3. The Bertz CT molecular complexity index is 623. The molecule has 2 fully saturated rings. The van der Waals surface area contributed by atoms with Gasteiger partial charge in [-0.25, -0.2) is 4.79 Å². The first kappa shape index (κ1) is 13.5. The summed E-state index contributed by atoms with van der Waals surface area (Å²) in [6.45, 7) is 1.50. The van der Waals surface area contributed by atoms with Gasteiger partial charge in [-0.3, -0.25) is 14.3 Å². The SMILES string of the molecule is Cc1cn([C@@H]2O[C@@H]3C(CO)OC[C@H]2[C@@H]3O)c(=O)[nH]c1=O. The first-order chi connectivity index (χ1) is 9.52. The number of ether oxygens (including phenoxy) is 2. The molecule has 0 aliphatic carbocycles. The molecule has 110 valence electrons. The summed E-state index contributed by atoms with van der Waals surface area (Å²) in [5.41, 5.74) is -0.660. The number of hydrogen-bond donors (Lipinski definition) is 3. The zero-order valence-electron chi connectivity index (χ0n) is 10.9. The quantitative estimate of drug-likeness (QED) is 0.585. The lowest BCUT2D eigenvalue weighted by atomic mass is 9.95. The Kier molecular flexibility index (Phi) is 3.25. The lowest BCUT2D eigenvalue weighted by Crippen LogP contribution is -2.47. The van der Waals surface area contributed by atoms with E-state index < -0.39 is 41.7 Å². The number of aromatic amines is 1. The Balaban J connectivity index is 1.99. The molecular weight excluding hydrogens is 268 g/mol. The highest BCUT2D eigenvalue weighted by molar-refractivity contribution is 5.04. The molecule has 0 amide bonds. The van der Waals surface area contributed by atoms with Gasteiger partial charge >= 0.3 is 5.69 Å². The van der Waals surface area contributed by atoms with Crippen molar-refractivity contribution in [2.75, 3.05) is 13.2 Å². The number of H-pyrrole nitrogens is 1. The van der Waals surface area contributed by atoms with Crippen molar-refractivity contribution in [3.8, 4) is 0 Å². The zero-order valence-corrected chi connectivity index (χ0v) is 10.9. The predicted octanol–water partition coefficient (Wildman–Crippen LogP) is -1.89. The van der Waals surface area contributed by atoms with Crippen LogP contribution < -0.4 is 11.2 Å². The summed E-state index contributed by atoms with van der Waals surface area (Å²) in [4.78, 5) is 25.5. The van der Waals surface area contributed by atoms with Gasteiger partial charge in [0.1, 0.15) is 18.4 Å². The molecule has 2 saturated heterocycles. The Morgan fingerprint density at radius 3 is 2.95 bits per heavy atom. The van der Waals surface area contributed by atoms with Gasteiger partial charge in [0, 0.05) is 11.8 Å². The van der Waals surface area contributed by atoms with Crippen LogP contribution in [-0.2, 0) is 9.47 Å². The highest BCUT2D eigenvalue weighted by Gasteiger charge is 2.52. The Labute approximate surface area is 113 Å². The van der Waals surface area contributed by atoms with Crippen molar-refractivity contribution < 1.29 is 19.7 Å². The first-order valence-electron chi connectivity index (χ1n) is 6.41. The second-order valence-electron chi connectivity index (χ2n) is 5.18. The van der Waals surface area contributed by atoms with Crippen molar-refractivity contribution in [1.29, 1.82) is 0 Å². The number of aliphatic hydroxyl groups excluding tert-OH is 2. The number of rotatable bonds is 2. The summed E-state index contributed by atoms with van der Waals surface area (Å²) in [6.07, 6.45) is -1.40. The molecule has 0 spiro atoms. The number of aromatic nitrogens is 2. The van der Waals surface area contributed by atoms with Crippen LogP contribution in [-0.4, -0.2) is 51.3 Å². The van der Waals surface area contributed by atoms with Crippen molar-refractivity contribution in [3.05, 3.63) is 32.6 Å².